The van der Waals surface area contributed by atoms with E-state index in [0.717, 1.165) is 18.7 Å². The van der Waals surface area contributed by atoms with Crippen LogP contribution in [0.5, 0.6) is 5.75 Å². The number of anilines is 1. The zero-order valence-electron chi connectivity index (χ0n) is 9.74. The second kappa shape index (κ2) is 4.66. The number of hydrogen-bond donors (Lipinski definition) is 1. The van der Waals surface area contributed by atoms with E-state index in [4.69, 9.17) is 9.26 Å². The van der Waals surface area contributed by atoms with Crippen LogP contribution in [0.3, 0.4) is 0 Å². The summed E-state index contributed by atoms with van der Waals surface area (Å²) in [5.41, 5.74) is 0.791. The maximum atomic E-state index is 9.22. The first-order valence-corrected chi connectivity index (χ1v) is 5.79. The van der Waals surface area contributed by atoms with Crippen molar-refractivity contribution in [1.29, 1.82) is 0 Å². The lowest BCUT2D eigenvalue weighted by molar-refractivity contribution is 0.121. The van der Waals surface area contributed by atoms with Gasteiger partial charge in [0.2, 0.25) is 0 Å². The largest absolute Gasteiger partial charge is 0.508 e. The highest BCUT2D eigenvalue weighted by molar-refractivity contribution is 5.55. The number of aromatic nitrogens is 2. The summed E-state index contributed by atoms with van der Waals surface area (Å²) in [7, 11) is 0. The fourth-order valence-corrected chi connectivity index (χ4v) is 1.83. The van der Waals surface area contributed by atoms with Crippen LogP contribution in [0.1, 0.15) is 0 Å². The average Bonchev–Trinajstić information content (AvgIpc) is 2.90. The van der Waals surface area contributed by atoms with Crippen molar-refractivity contribution in [1.82, 2.24) is 10.1 Å². The van der Waals surface area contributed by atoms with Gasteiger partial charge in [0.1, 0.15) is 5.75 Å². The third-order valence-corrected chi connectivity index (χ3v) is 2.82. The van der Waals surface area contributed by atoms with E-state index >= 15 is 0 Å². The molecule has 0 radical (unpaired) electrons. The van der Waals surface area contributed by atoms with Crippen molar-refractivity contribution in [3.8, 4) is 17.2 Å². The summed E-state index contributed by atoms with van der Waals surface area (Å²) in [5.74, 6) is 1.25. The van der Waals surface area contributed by atoms with Crippen molar-refractivity contribution in [3.63, 3.8) is 0 Å². The lowest BCUT2D eigenvalue weighted by atomic mass is 10.2. The van der Waals surface area contributed by atoms with Gasteiger partial charge in [-0.1, -0.05) is 0 Å². The number of aromatic hydroxyl groups is 1. The van der Waals surface area contributed by atoms with Crippen LogP contribution in [0, 0.1) is 0 Å². The Morgan fingerprint density at radius 2 is 1.83 bits per heavy atom. The molecule has 1 aliphatic rings. The van der Waals surface area contributed by atoms with E-state index in [-0.39, 0.29) is 5.75 Å². The van der Waals surface area contributed by atoms with Crippen LogP contribution in [0.15, 0.2) is 28.8 Å². The molecule has 18 heavy (non-hydrogen) atoms. The topological polar surface area (TPSA) is 71.6 Å². The molecule has 1 fully saturated rings. The lowest BCUT2D eigenvalue weighted by Gasteiger charge is -2.24. The molecule has 0 unspecified atom stereocenters. The highest BCUT2D eigenvalue weighted by Crippen LogP contribution is 2.22. The van der Waals surface area contributed by atoms with Crippen molar-refractivity contribution < 1.29 is 14.4 Å². The number of ether oxygens (including phenoxy) is 1. The first-order valence-electron chi connectivity index (χ1n) is 5.79. The summed E-state index contributed by atoms with van der Waals surface area (Å²) < 4.78 is 10.5. The van der Waals surface area contributed by atoms with E-state index in [1.807, 2.05) is 4.90 Å². The number of hydrogen-bond acceptors (Lipinski definition) is 6. The monoisotopic (exact) mass is 247 g/mol. The van der Waals surface area contributed by atoms with E-state index in [2.05, 4.69) is 10.1 Å². The highest BCUT2D eigenvalue weighted by atomic mass is 16.5. The van der Waals surface area contributed by atoms with Crippen LogP contribution < -0.4 is 4.90 Å². The smallest absolute Gasteiger partial charge is 0.266 e. The summed E-state index contributed by atoms with van der Waals surface area (Å²) in [6, 6.07) is 6.67. The third kappa shape index (κ3) is 2.14. The van der Waals surface area contributed by atoms with Crippen molar-refractivity contribution in [2.24, 2.45) is 0 Å². The first-order chi connectivity index (χ1) is 8.83. The Morgan fingerprint density at radius 3 is 2.56 bits per heavy atom. The van der Waals surface area contributed by atoms with Gasteiger partial charge in [-0.25, -0.2) is 0 Å². The Kier molecular flexibility index (Phi) is 2.85. The van der Waals surface area contributed by atoms with Gasteiger partial charge in [0.05, 0.1) is 13.2 Å². The van der Waals surface area contributed by atoms with Gasteiger partial charge in [0.15, 0.2) is 0 Å². The first kappa shape index (κ1) is 11.0. The van der Waals surface area contributed by atoms with Gasteiger partial charge in [-0.05, 0) is 29.4 Å². The molecular formula is C12H13N3O3. The Hall–Kier alpha value is -2.08. The van der Waals surface area contributed by atoms with E-state index in [9.17, 15) is 5.11 Å². The number of morpholine rings is 1. The molecule has 2 aromatic rings. The summed E-state index contributed by atoms with van der Waals surface area (Å²) in [6.45, 7) is 2.91. The third-order valence-electron chi connectivity index (χ3n) is 2.82. The van der Waals surface area contributed by atoms with Gasteiger partial charge in [0, 0.05) is 18.7 Å². The lowest BCUT2D eigenvalue weighted by Crippen LogP contribution is -2.36. The summed E-state index contributed by atoms with van der Waals surface area (Å²) in [6.07, 6.45) is 0. The number of phenols is 1. The van der Waals surface area contributed by atoms with Crippen LogP contribution in [-0.4, -0.2) is 41.6 Å². The zero-order valence-corrected chi connectivity index (χ0v) is 9.74. The van der Waals surface area contributed by atoms with Gasteiger partial charge in [0.25, 0.3) is 11.8 Å². The second-order valence-electron chi connectivity index (χ2n) is 4.05. The Bertz CT molecular complexity index is 518. The molecule has 6 nitrogen and oxygen atoms in total. The quantitative estimate of drug-likeness (QED) is 0.861. The Balaban J connectivity index is 1.82. The molecule has 0 saturated carbocycles. The molecule has 0 aliphatic carbocycles. The molecular weight excluding hydrogens is 234 g/mol. The fourth-order valence-electron chi connectivity index (χ4n) is 1.83. The second-order valence-corrected chi connectivity index (χ2v) is 4.05. The molecule has 1 aromatic carbocycles. The van der Waals surface area contributed by atoms with Crippen molar-refractivity contribution >= 4 is 5.95 Å². The van der Waals surface area contributed by atoms with E-state index < -0.39 is 0 Å². The minimum absolute atomic E-state index is 0.215. The van der Waals surface area contributed by atoms with Gasteiger partial charge in [-0.2, -0.15) is 4.98 Å². The highest BCUT2D eigenvalue weighted by Gasteiger charge is 2.17. The summed E-state index contributed by atoms with van der Waals surface area (Å²) in [4.78, 5) is 6.37. The van der Waals surface area contributed by atoms with Crippen LogP contribution in [0.2, 0.25) is 0 Å². The Morgan fingerprint density at radius 1 is 1.11 bits per heavy atom. The molecule has 1 aromatic heterocycles. The molecule has 1 saturated heterocycles. The van der Waals surface area contributed by atoms with Crippen LogP contribution in [-0.2, 0) is 4.74 Å². The average molecular weight is 247 g/mol. The number of benzene rings is 1. The fraction of sp³-hybridized carbons (Fsp3) is 0.333. The summed E-state index contributed by atoms with van der Waals surface area (Å²) >= 11 is 0. The molecule has 0 spiro atoms. The van der Waals surface area contributed by atoms with Crippen molar-refractivity contribution in [2.45, 2.75) is 0 Å². The minimum atomic E-state index is 0.215. The maximum absolute atomic E-state index is 9.22. The predicted molar refractivity (Wildman–Crippen MR) is 64.4 cm³/mol. The summed E-state index contributed by atoms with van der Waals surface area (Å²) in [5, 5.41) is 13.2. The SMILES string of the molecule is Oc1ccc(-c2nc(N3CCOCC3)no2)cc1. The van der Waals surface area contributed by atoms with Gasteiger partial charge >= 0.3 is 0 Å². The molecule has 2 heterocycles. The molecule has 0 atom stereocenters. The maximum Gasteiger partial charge on any atom is 0.266 e. The van der Waals surface area contributed by atoms with Gasteiger partial charge < -0.3 is 19.3 Å². The van der Waals surface area contributed by atoms with Gasteiger partial charge in [-0.15, -0.1) is 0 Å². The predicted octanol–water partition coefficient (Wildman–Crippen LogP) is 1.28. The normalized spacial score (nSPS) is 15.9. The van der Waals surface area contributed by atoms with E-state index in [1.165, 1.54) is 0 Å². The van der Waals surface area contributed by atoms with E-state index in [1.54, 1.807) is 24.3 Å². The van der Waals surface area contributed by atoms with Crippen molar-refractivity contribution in [3.05, 3.63) is 24.3 Å². The molecule has 0 amide bonds. The molecule has 1 N–H and O–H groups in total. The van der Waals surface area contributed by atoms with E-state index in [0.29, 0.717) is 25.1 Å². The molecule has 3 rings (SSSR count). The Labute approximate surface area is 104 Å². The molecule has 1 aliphatic heterocycles. The molecule has 6 heteroatoms. The number of nitrogens with zero attached hydrogens (tertiary/aromatic N) is 3. The zero-order chi connectivity index (χ0) is 12.4. The van der Waals surface area contributed by atoms with Crippen LogP contribution >= 0.6 is 0 Å². The van der Waals surface area contributed by atoms with Gasteiger partial charge in [-0.3, -0.25) is 0 Å². The number of rotatable bonds is 2. The molecule has 94 valence electrons. The standard InChI is InChI=1S/C12H13N3O3/c16-10-3-1-9(2-4-10)11-13-12(14-18-11)15-5-7-17-8-6-15/h1-4,16H,5-8H2. The molecule has 0 bridgehead atoms. The minimum Gasteiger partial charge on any atom is -0.508 e. The number of phenolic OH excluding ortho intramolecular Hbond substituents is 1. The van der Waals surface area contributed by atoms with Crippen LogP contribution in [0.25, 0.3) is 11.5 Å². The van der Waals surface area contributed by atoms with Crippen molar-refractivity contribution in [2.75, 3.05) is 31.2 Å². The van der Waals surface area contributed by atoms with Crippen LogP contribution in [0.4, 0.5) is 5.95 Å².